The van der Waals surface area contributed by atoms with Gasteiger partial charge < -0.3 is 5.11 Å². The van der Waals surface area contributed by atoms with E-state index in [4.69, 9.17) is 0 Å². The van der Waals surface area contributed by atoms with E-state index in [1.54, 1.807) is 5.01 Å². The maximum absolute atomic E-state index is 11.3. The van der Waals surface area contributed by atoms with Gasteiger partial charge in [-0.1, -0.05) is 36.8 Å². The Balaban J connectivity index is 2.11. The zero-order chi connectivity index (χ0) is 11.7. The van der Waals surface area contributed by atoms with Crippen LogP contribution in [0.3, 0.4) is 0 Å². The van der Waals surface area contributed by atoms with Crippen LogP contribution in [0.15, 0.2) is 24.3 Å². The Morgan fingerprint density at radius 2 is 2.06 bits per heavy atom. The molecule has 1 aliphatic heterocycles. The number of aryl methyl sites for hydroxylation is 1. The minimum absolute atomic E-state index is 0.0360. The number of hydrogen-bond donors (Lipinski definition) is 2. The SMILES string of the molecule is Cc1ccc(C(O)N2CC(C)C(=O)N2)cc1. The molecule has 1 heterocycles. The van der Waals surface area contributed by atoms with E-state index in [0.29, 0.717) is 6.54 Å². The summed E-state index contributed by atoms with van der Waals surface area (Å²) in [6.07, 6.45) is -0.769. The molecule has 1 fully saturated rings. The van der Waals surface area contributed by atoms with Crippen LogP contribution in [0.4, 0.5) is 0 Å². The third-order valence-electron chi connectivity index (χ3n) is 2.84. The molecule has 0 radical (unpaired) electrons. The Hall–Kier alpha value is -1.39. The van der Waals surface area contributed by atoms with Gasteiger partial charge in [-0.3, -0.25) is 10.2 Å². The molecule has 0 aliphatic carbocycles. The van der Waals surface area contributed by atoms with Gasteiger partial charge in [0, 0.05) is 6.54 Å². The van der Waals surface area contributed by atoms with Crippen LogP contribution in [-0.2, 0) is 4.79 Å². The normalized spacial score (nSPS) is 23.2. The van der Waals surface area contributed by atoms with Gasteiger partial charge in [0.05, 0.1) is 5.92 Å². The van der Waals surface area contributed by atoms with Gasteiger partial charge in [-0.05, 0) is 12.5 Å². The Morgan fingerprint density at radius 1 is 1.44 bits per heavy atom. The van der Waals surface area contributed by atoms with Crippen LogP contribution >= 0.6 is 0 Å². The number of hydrogen-bond acceptors (Lipinski definition) is 3. The van der Waals surface area contributed by atoms with Crippen molar-refractivity contribution in [2.75, 3.05) is 6.54 Å². The van der Waals surface area contributed by atoms with E-state index in [0.717, 1.165) is 11.1 Å². The number of carbonyl (C=O) groups is 1. The summed E-state index contributed by atoms with van der Waals surface area (Å²) in [4.78, 5) is 11.3. The van der Waals surface area contributed by atoms with Gasteiger partial charge in [-0.2, -0.15) is 5.01 Å². The van der Waals surface area contributed by atoms with Crippen LogP contribution < -0.4 is 5.43 Å². The largest absolute Gasteiger partial charge is 0.372 e. The fraction of sp³-hybridized carbons (Fsp3) is 0.417. The van der Waals surface area contributed by atoms with Crippen molar-refractivity contribution in [2.45, 2.75) is 20.1 Å². The molecule has 2 atom stereocenters. The lowest BCUT2D eigenvalue weighted by Gasteiger charge is -2.22. The molecule has 1 aliphatic rings. The van der Waals surface area contributed by atoms with Gasteiger partial charge in [-0.15, -0.1) is 0 Å². The average molecular weight is 220 g/mol. The summed E-state index contributed by atoms with van der Waals surface area (Å²) in [7, 11) is 0. The van der Waals surface area contributed by atoms with Gasteiger partial charge in [0.25, 0.3) is 0 Å². The molecule has 1 aromatic rings. The van der Waals surface area contributed by atoms with Gasteiger partial charge in [0.15, 0.2) is 0 Å². The van der Waals surface area contributed by atoms with E-state index in [2.05, 4.69) is 5.43 Å². The van der Waals surface area contributed by atoms with Crippen LogP contribution in [0.25, 0.3) is 0 Å². The maximum Gasteiger partial charge on any atom is 0.238 e. The molecular weight excluding hydrogens is 204 g/mol. The lowest BCUT2D eigenvalue weighted by atomic mass is 10.1. The smallest absolute Gasteiger partial charge is 0.238 e. The standard InChI is InChI=1S/C12H16N2O2/c1-8-3-5-10(6-4-8)12(16)14-7-9(2)11(15)13-14/h3-6,9,12,16H,7H2,1-2H3,(H,13,15). The first kappa shape index (κ1) is 11.1. The lowest BCUT2D eigenvalue weighted by Crippen LogP contribution is -2.36. The first-order valence-electron chi connectivity index (χ1n) is 5.39. The monoisotopic (exact) mass is 220 g/mol. The molecule has 16 heavy (non-hydrogen) atoms. The van der Waals surface area contributed by atoms with Crippen LogP contribution in [-0.4, -0.2) is 22.6 Å². The number of rotatable bonds is 2. The van der Waals surface area contributed by atoms with Crippen molar-refractivity contribution in [3.63, 3.8) is 0 Å². The second-order valence-corrected chi connectivity index (χ2v) is 4.31. The highest BCUT2D eigenvalue weighted by Gasteiger charge is 2.31. The van der Waals surface area contributed by atoms with Crippen molar-refractivity contribution in [3.05, 3.63) is 35.4 Å². The molecule has 0 spiro atoms. The van der Waals surface area contributed by atoms with Crippen molar-refractivity contribution in [1.29, 1.82) is 0 Å². The topological polar surface area (TPSA) is 52.6 Å². The number of carbonyl (C=O) groups excluding carboxylic acids is 1. The van der Waals surface area contributed by atoms with Crippen molar-refractivity contribution >= 4 is 5.91 Å². The molecule has 1 amide bonds. The van der Waals surface area contributed by atoms with Crippen molar-refractivity contribution < 1.29 is 9.90 Å². The molecule has 0 aromatic heterocycles. The molecule has 4 heteroatoms. The third kappa shape index (κ3) is 2.08. The fourth-order valence-corrected chi connectivity index (χ4v) is 1.75. The summed E-state index contributed by atoms with van der Waals surface area (Å²) in [6.45, 7) is 4.38. The number of aliphatic hydroxyl groups is 1. The Morgan fingerprint density at radius 3 is 2.56 bits per heavy atom. The Labute approximate surface area is 94.9 Å². The molecule has 2 N–H and O–H groups in total. The zero-order valence-corrected chi connectivity index (χ0v) is 9.47. The molecule has 1 aromatic carbocycles. The number of benzene rings is 1. The highest BCUT2D eigenvalue weighted by Crippen LogP contribution is 2.21. The molecule has 1 saturated heterocycles. The quantitative estimate of drug-likeness (QED) is 0.780. The summed E-state index contributed by atoms with van der Waals surface area (Å²) < 4.78 is 0. The number of nitrogens with one attached hydrogen (secondary N) is 1. The van der Waals surface area contributed by atoms with E-state index in [9.17, 15) is 9.90 Å². The Bertz CT molecular complexity index is 389. The van der Waals surface area contributed by atoms with E-state index < -0.39 is 6.23 Å². The van der Waals surface area contributed by atoms with E-state index in [1.165, 1.54) is 0 Å². The second-order valence-electron chi connectivity index (χ2n) is 4.31. The predicted octanol–water partition coefficient (Wildman–Crippen LogP) is 0.969. The Kier molecular flexibility index (Phi) is 2.94. The summed E-state index contributed by atoms with van der Waals surface area (Å²) in [5, 5.41) is 11.6. The third-order valence-corrected chi connectivity index (χ3v) is 2.84. The highest BCUT2D eigenvalue weighted by molar-refractivity contribution is 5.79. The van der Waals surface area contributed by atoms with Crippen LogP contribution in [0.5, 0.6) is 0 Å². The van der Waals surface area contributed by atoms with Crippen LogP contribution in [0, 0.1) is 12.8 Å². The summed E-state index contributed by atoms with van der Waals surface area (Å²) >= 11 is 0. The molecule has 2 rings (SSSR count). The summed E-state index contributed by atoms with van der Waals surface area (Å²) in [5.41, 5.74) is 4.60. The number of amides is 1. The minimum atomic E-state index is -0.769. The highest BCUT2D eigenvalue weighted by atomic mass is 16.3. The predicted molar refractivity (Wildman–Crippen MR) is 60.2 cm³/mol. The van der Waals surface area contributed by atoms with Crippen molar-refractivity contribution in [3.8, 4) is 0 Å². The molecule has 4 nitrogen and oxygen atoms in total. The van der Waals surface area contributed by atoms with E-state index in [1.807, 2.05) is 38.1 Å². The zero-order valence-electron chi connectivity index (χ0n) is 9.47. The summed E-state index contributed by atoms with van der Waals surface area (Å²) in [6, 6.07) is 7.63. The first-order chi connectivity index (χ1) is 7.58. The van der Waals surface area contributed by atoms with E-state index >= 15 is 0 Å². The van der Waals surface area contributed by atoms with Gasteiger partial charge in [-0.25, -0.2) is 0 Å². The number of hydrazine groups is 1. The maximum atomic E-state index is 11.3. The van der Waals surface area contributed by atoms with Gasteiger partial charge in [0.2, 0.25) is 5.91 Å². The van der Waals surface area contributed by atoms with Crippen LogP contribution in [0.2, 0.25) is 0 Å². The van der Waals surface area contributed by atoms with Crippen molar-refractivity contribution in [2.24, 2.45) is 5.92 Å². The molecule has 0 bridgehead atoms. The lowest BCUT2D eigenvalue weighted by molar-refractivity contribution is -0.125. The first-order valence-corrected chi connectivity index (χ1v) is 5.39. The number of aliphatic hydroxyl groups excluding tert-OH is 1. The van der Waals surface area contributed by atoms with Crippen LogP contribution in [0.1, 0.15) is 24.3 Å². The van der Waals surface area contributed by atoms with Crippen molar-refractivity contribution in [1.82, 2.24) is 10.4 Å². The minimum Gasteiger partial charge on any atom is -0.372 e. The number of nitrogens with zero attached hydrogens (tertiary/aromatic N) is 1. The fourth-order valence-electron chi connectivity index (χ4n) is 1.75. The second kappa shape index (κ2) is 4.23. The molecule has 86 valence electrons. The molecule has 2 unspecified atom stereocenters. The average Bonchev–Trinajstić information content (AvgIpc) is 2.59. The summed E-state index contributed by atoms with van der Waals surface area (Å²) in [5.74, 6) is -0.105. The van der Waals surface area contributed by atoms with Gasteiger partial charge in [0.1, 0.15) is 6.23 Å². The molecule has 0 saturated carbocycles. The van der Waals surface area contributed by atoms with E-state index in [-0.39, 0.29) is 11.8 Å². The molecular formula is C12H16N2O2. The van der Waals surface area contributed by atoms with Gasteiger partial charge >= 0.3 is 0 Å².